The molecule has 0 saturated carbocycles. The Morgan fingerprint density at radius 3 is 1.64 bits per heavy atom. The third-order valence-corrected chi connectivity index (χ3v) is 13.3. The van der Waals surface area contributed by atoms with E-state index in [4.69, 9.17) is 19.4 Å². The fraction of sp³-hybridized carbons (Fsp3) is 0. The number of hydrogen-bond acceptors (Lipinski definition) is 4. The summed E-state index contributed by atoms with van der Waals surface area (Å²) in [4.78, 5) is 15.8. The maximum absolute atomic E-state index is 6.91. The largest absolute Gasteiger partial charge is 0.456 e. The molecule has 14 rings (SSSR count). The number of nitrogens with zero attached hydrogens (tertiary/aromatic N) is 5. The Labute approximate surface area is 384 Å². The second kappa shape index (κ2) is 14.7. The van der Waals surface area contributed by atoms with E-state index in [9.17, 15) is 0 Å². The van der Waals surface area contributed by atoms with Crippen LogP contribution in [0.2, 0.25) is 0 Å². The van der Waals surface area contributed by atoms with Gasteiger partial charge in [0.15, 0.2) is 17.5 Å². The Bertz CT molecular complexity index is 4260. The molecule has 67 heavy (non-hydrogen) atoms. The van der Waals surface area contributed by atoms with Gasteiger partial charge in [-0.05, 0) is 83.1 Å². The van der Waals surface area contributed by atoms with Gasteiger partial charge in [-0.15, -0.1) is 0 Å². The molecule has 0 unspecified atom stereocenters. The summed E-state index contributed by atoms with van der Waals surface area (Å²) >= 11 is 0. The lowest BCUT2D eigenvalue weighted by molar-refractivity contribution is 0.668. The van der Waals surface area contributed by atoms with Crippen molar-refractivity contribution in [2.75, 3.05) is 0 Å². The predicted molar refractivity (Wildman–Crippen MR) is 275 cm³/mol. The van der Waals surface area contributed by atoms with E-state index < -0.39 is 0 Å². The van der Waals surface area contributed by atoms with Crippen molar-refractivity contribution in [3.05, 3.63) is 224 Å². The molecule has 6 heteroatoms. The van der Waals surface area contributed by atoms with Gasteiger partial charge in [0.1, 0.15) is 11.2 Å². The maximum atomic E-state index is 6.91. The second-order valence-corrected chi connectivity index (χ2v) is 17.2. The van der Waals surface area contributed by atoms with Crippen molar-refractivity contribution in [1.82, 2.24) is 24.1 Å². The van der Waals surface area contributed by atoms with Gasteiger partial charge in [-0.3, -0.25) is 0 Å². The molecule has 14 aromatic rings. The van der Waals surface area contributed by atoms with Crippen LogP contribution in [0.1, 0.15) is 0 Å². The van der Waals surface area contributed by atoms with Gasteiger partial charge < -0.3 is 13.6 Å². The fourth-order valence-electron chi connectivity index (χ4n) is 10.3. The van der Waals surface area contributed by atoms with Crippen LogP contribution < -0.4 is 0 Å². The quantitative estimate of drug-likeness (QED) is 0.167. The van der Waals surface area contributed by atoms with Crippen molar-refractivity contribution in [1.29, 1.82) is 0 Å². The minimum Gasteiger partial charge on any atom is -0.456 e. The highest BCUT2D eigenvalue weighted by Crippen LogP contribution is 2.44. The van der Waals surface area contributed by atoms with E-state index in [2.05, 4.69) is 203 Å². The van der Waals surface area contributed by atoms with E-state index in [-0.39, 0.29) is 0 Å². The van der Waals surface area contributed by atoms with E-state index in [1.807, 2.05) is 30.3 Å². The summed E-state index contributed by atoms with van der Waals surface area (Å²) in [5, 5.41) is 9.05. The molecule has 4 heterocycles. The lowest BCUT2D eigenvalue weighted by Gasteiger charge is -2.15. The SMILES string of the molecule is c1ccc(-c2nc(-c3ccc4c(c3)c3ccccc3n4-c3ccccc3)nc(-c3cccc4oc5cc(-n6c7ccccc7c7cc8ccccc8cc76)c(-c6ccccc6)cc5c34)n2)cc1. The van der Waals surface area contributed by atoms with Gasteiger partial charge >= 0.3 is 0 Å². The molecular weight excluding hydrogens is 819 g/mol. The molecular formula is C61H37N5O. The Kier molecular flexibility index (Phi) is 8.18. The van der Waals surface area contributed by atoms with Gasteiger partial charge in [0.2, 0.25) is 0 Å². The summed E-state index contributed by atoms with van der Waals surface area (Å²) in [6.45, 7) is 0. The molecule has 10 aromatic carbocycles. The molecule has 0 spiro atoms. The van der Waals surface area contributed by atoms with Crippen LogP contribution in [-0.4, -0.2) is 24.1 Å². The van der Waals surface area contributed by atoms with Gasteiger partial charge in [0.05, 0.1) is 27.8 Å². The van der Waals surface area contributed by atoms with Crippen LogP contribution in [0.3, 0.4) is 0 Å². The number of aromatic nitrogens is 5. The molecule has 0 bridgehead atoms. The molecule has 0 amide bonds. The summed E-state index contributed by atoms with van der Waals surface area (Å²) in [6.07, 6.45) is 0. The van der Waals surface area contributed by atoms with Gasteiger partial charge in [-0.1, -0.05) is 152 Å². The molecule has 0 saturated heterocycles. The van der Waals surface area contributed by atoms with Crippen molar-refractivity contribution in [3.8, 4) is 56.7 Å². The first-order valence-electron chi connectivity index (χ1n) is 22.6. The zero-order valence-corrected chi connectivity index (χ0v) is 36.0. The van der Waals surface area contributed by atoms with Crippen LogP contribution in [0, 0.1) is 0 Å². The van der Waals surface area contributed by atoms with Gasteiger partial charge in [-0.25, -0.2) is 15.0 Å². The number of hydrogen-bond donors (Lipinski definition) is 0. The molecule has 0 fully saturated rings. The molecule has 4 aromatic heterocycles. The first-order chi connectivity index (χ1) is 33.2. The first kappa shape index (κ1) is 37.3. The lowest BCUT2D eigenvalue weighted by Crippen LogP contribution is -2.00. The molecule has 0 aliphatic carbocycles. The Morgan fingerprint density at radius 2 is 0.896 bits per heavy atom. The number of benzene rings is 10. The van der Waals surface area contributed by atoms with Crippen LogP contribution >= 0.6 is 0 Å². The Balaban J connectivity index is 1.01. The zero-order valence-electron chi connectivity index (χ0n) is 36.0. The molecule has 6 nitrogen and oxygen atoms in total. The minimum atomic E-state index is 0.573. The topological polar surface area (TPSA) is 61.7 Å². The third-order valence-electron chi connectivity index (χ3n) is 13.3. The summed E-state index contributed by atoms with van der Waals surface area (Å²) in [5.41, 5.74) is 13.1. The van der Waals surface area contributed by atoms with E-state index in [1.54, 1.807) is 0 Å². The normalized spacial score (nSPS) is 11.9. The average molecular weight is 856 g/mol. The Morgan fingerprint density at radius 1 is 0.313 bits per heavy atom. The van der Waals surface area contributed by atoms with Gasteiger partial charge in [-0.2, -0.15) is 0 Å². The van der Waals surface area contributed by atoms with Crippen molar-refractivity contribution < 1.29 is 4.42 Å². The van der Waals surface area contributed by atoms with Gasteiger partial charge in [0, 0.05) is 66.3 Å². The van der Waals surface area contributed by atoms with E-state index in [0.29, 0.717) is 17.5 Å². The molecule has 0 radical (unpaired) electrons. The van der Waals surface area contributed by atoms with Crippen molar-refractivity contribution >= 4 is 76.3 Å². The van der Waals surface area contributed by atoms with E-state index >= 15 is 0 Å². The molecule has 0 N–H and O–H groups in total. The van der Waals surface area contributed by atoms with E-state index in [0.717, 1.165) is 88.6 Å². The molecule has 0 aliphatic heterocycles. The standard InChI is InChI=1S/C61H37N5O/c1-4-17-38(18-5-1)47-36-50-57(37-55(47)66-52-29-15-13-26-45(52)49-33-40-21-10-11-22-41(40)35-54(49)66)67-56-30-16-27-46(58(50)56)61-63-59(39-19-6-2-7-20-39)62-60(64-61)42-31-32-53-48(34-42)44-25-12-14-28-51(44)65(53)43-23-8-3-9-24-43/h1-37H. The second-order valence-electron chi connectivity index (χ2n) is 17.2. The summed E-state index contributed by atoms with van der Waals surface area (Å²) in [7, 11) is 0. The van der Waals surface area contributed by atoms with Crippen LogP contribution in [-0.2, 0) is 0 Å². The van der Waals surface area contributed by atoms with Crippen molar-refractivity contribution in [2.45, 2.75) is 0 Å². The fourth-order valence-corrected chi connectivity index (χ4v) is 10.3. The summed E-state index contributed by atoms with van der Waals surface area (Å²) < 4.78 is 11.6. The maximum Gasteiger partial charge on any atom is 0.164 e. The first-order valence-corrected chi connectivity index (χ1v) is 22.6. The highest BCUT2D eigenvalue weighted by molar-refractivity contribution is 6.17. The summed E-state index contributed by atoms with van der Waals surface area (Å²) in [5.74, 6) is 1.77. The van der Waals surface area contributed by atoms with Crippen LogP contribution in [0.4, 0.5) is 0 Å². The third kappa shape index (κ3) is 5.86. The van der Waals surface area contributed by atoms with E-state index in [1.165, 1.54) is 26.9 Å². The lowest BCUT2D eigenvalue weighted by atomic mass is 9.98. The Hall–Kier alpha value is -9.13. The average Bonchev–Trinajstić information content (AvgIpc) is 4.05. The number of fused-ring (bicyclic) bond motifs is 10. The number of rotatable bonds is 6. The van der Waals surface area contributed by atoms with Crippen molar-refractivity contribution in [2.24, 2.45) is 0 Å². The molecule has 0 aliphatic rings. The number of para-hydroxylation sites is 3. The predicted octanol–water partition coefficient (Wildman–Crippen LogP) is 15.8. The molecule has 0 atom stereocenters. The highest BCUT2D eigenvalue weighted by atomic mass is 16.3. The highest BCUT2D eigenvalue weighted by Gasteiger charge is 2.23. The van der Waals surface area contributed by atoms with Crippen LogP contribution in [0.5, 0.6) is 0 Å². The summed E-state index contributed by atoms with van der Waals surface area (Å²) in [6, 6.07) is 79.1. The zero-order chi connectivity index (χ0) is 44.0. The minimum absolute atomic E-state index is 0.573. The monoisotopic (exact) mass is 855 g/mol. The van der Waals surface area contributed by atoms with Crippen LogP contribution in [0.25, 0.3) is 133 Å². The van der Waals surface area contributed by atoms with Crippen molar-refractivity contribution in [3.63, 3.8) is 0 Å². The smallest absolute Gasteiger partial charge is 0.164 e. The number of furan rings is 1. The van der Waals surface area contributed by atoms with Gasteiger partial charge in [0.25, 0.3) is 0 Å². The molecule has 312 valence electrons. The van der Waals surface area contributed by atoms with Crippen LogP contribution in [0.15, 0.2) is 229 Å².